The first-order valence-corrected chi connectivity index (χ1v) is 8.00. The number of rotatable bonds is 2. The van der Waals surface area contributed by atoms with Gasteiger partial charge >= 0.3 is 0 Å². The van der Waals surface area contributed by atoms with Crippen LogP contribution in [0.5, 0.6) is 0 Å². The highest BCUT2D eigenvalue weighted by Crippen LogP contribution is 2.24. The second-order valence-corrected chi connectivity index (χ2v) is 6.71. The van der Waals surface area contributed by atoms with Gasteiger partial charge in [0.05, 0.1) is 0 Å². The minimum absolute atomic E-state index is 0.0260. The van der Waals surface area contributed by atoms with E-state index in [0.717, 1.165) is 10.9 Å². The average Bonchev–Trinajstić information content (AvgIpc) is 2.54. The fourth-order valence-electron chi connectivity index (χ4n) is 2.64. The molecule has 1 amide bonds. The Hall–Kier alpha value is -0.540. The van der Waals surface area contributed by atoms with Gasteiger partial charge in [-0.3, -0.25) is 4.79 Å². The molecule has 2 rings (SSSR count). The van der Waals surface area contributed by atoms with Crippen LogP contribution in [0.15, 0.2) is 22.7 Å². The molecule has 104 valence electrons. The van der Waals surface area contributed by atoms with Crippen LogP contribution in [0.2, 0.25) is 5.02 Å². The fourth-order valence-corrected chi connectivity index (χ4v) is 3.50. The summed E-state index contributed by atoms with van der Waals surface area (Å²) in [6.45, 7) is 2.23. The predicted molar refractivity (Wildman–Crippen MR) is 82.7 cm³/mol. The summed E-state index contributed by atoms with van der Waals surface area (Å²) in [5.74, 6) is 0.524. The van der Waals surface area contributed by atoms with Crippen LogP contribution in [0.4, 0.5) is 0 Å². The van der Waals surface area contributed by atoms with Crippen LogP contribution in [0, 0.1) is 5.92 Å². The Labute approximate surface area is 128 Å². The third-order valence-electron chi connectivity index (χ3n) is 3.80. The molecule has 4 heteroatoms. The van der Waals surface area contributed by atoms with Crippen molar-refractivity contribution >= 4 is 33.4 Å². The molecule has 1 saturated carbocycles. The summed E-state index contributed by atoms with van der Waals surface area (Å²) in [6.07, 6.45) is 6.03. The van der Waals surface area contributed by atoms with Crippen LogP contribution in [0.3, 0.4) is 0 Å². The zero-order valence-electron chi connectivity index (χ0n) is 11.1. The van der Waals surface area contributed by atoms with Crippen LogP contribution in [-0.4, -0.2) is 11.9 Å². The second-order valence-electron chi connectivity index (χ2n) is 5.35. The summed E-state index contributed by atoms with van der Waals surface area (Å²) in [6, 6.07) is 5.59. The number of hydrogen-bond acceptors (Lipinski definition) is 1. The maximum atomic E-state index is 12.3. The van der Waals surface area contributed by atoms with E-state index in [0.29, 0.717) is 16.5 Å². The van der Waals surface area contributed by atoms with Crippen molar-refractivity contribution in [1.82, 2.24) is 5.32 Å². The molecule has 1 aliphatic carbocycles. The zero-order valence-corrected chi connectivity index (χ0v) is 13.4. The molecule has 1 fully saturated rings. The van der Waals surface area contributed by atoms with Crippen molar-refractivity contribution in [3.63, 3.8) is 0 Å². The summed E-state index contributed by atoms with van der Waals surface area (Å²) < 4.78 is 0.832. The van der Waals surface area contributed by atoms with Crippen LogP contribution >= 0.6 is 27.5 Å². The number of carbonyl (C=O) groups is 1. The molecule has 2 nitrogen and oxygen atoms in total. The molecule has 2 atom stereocenters. The third kappa shape index (κ3) is 4.22. The maximum Gasteiger partial charge on any atom is 0.251 e. The molecule has 2 unspecified atom stereocenters. The van der Waals surface area contributed by atoms with Crippen LogP contribution in [0.25, 0.3) is 0 Å². The SMILES string of the molecule is CC1CCCCCC1NC(=O)c1cc(Cl)cc(Br)c1. The highest BCUT2D eigenvalue weighted by molar-refractivity contribution is 9.10. The normalized spacial score (nSPS) is 23.7. The maximum absolute atomic E-state index is 12.3. The number of carbonyl (C=O) groups excluding carboxylic acids is 1. The lowest BCUT2D eigenvalue weighted by atomic mass is 9.96. The van der Waals surface area contributed by atoms with E-state index in [9.17, 15) is 4.79 Å². The second kappa shape index (κ2) is 6.76. The number of hydrogen-bond donors (Lipinski definition) is 1. The predicted octanol–water partition coefficient (Wildman–Crippen LogP) is 4.80. The average molecular weight is 345 g/mol. The largest absolute Gasteiger partial charge is 0.349 e. The van der Waals surface area contributed by atoms with Crippen LogP contribution < -0.4 is 5.32 Å². The molecule has 1 N–H and O–H groups in total. The van der Waals surface area contributed by atoms with Crippen molar-refractivity contribution in [3.8, 4) is 0 Å². The molecular formula is C15H19BrClNO. The van der Waals surface area contributed by atoms with Gasteiger partial charge in [0.1, 0.15) is 0 Å². The molecule has 1 aromatic carbocycles. The van der Waals surface area contributed by atoms with Gasteiger partial charge in [0, 0.05) is 21.1 Å². The molecule has 0 saturated heterocycles. The Morgan fingerprint density at radius 1 is 1.26 bits per heavy atom. The fraction of sp³-hybridized carbons (Fsp3) is 0.533. The molecule has 0 spiro atoms. The molecule has 0 radical (unpaired) electrons. The Morgan fingerprint density at radius 3 is 2.74 bits per heavy atom. The molecule has 1 aromatic rings. The van der Waals surface area contributed by atoms with Gasteiger partial charge in [-0.2, -0.15) is 0 Å². The lowest BCUT2D eigenvalue weighted by Crippen LogP contribution is -2.38. The van der Waals surface area contributed by atoms with Gasteiger partial charge in [-0.15, -0.1) is 0 Å². The molecule has 1 aliphatic rings. The number of benzene rings is 1. The van der Waals surface area contributed by atoms with Gasteiger partial charge in [0.15, 0.2) is 0 Å². The van der Waals surface area contributed by atoms with E-state index in [-0.39, 0.29) is 11.9 Å². The van der Waals surface area contributed by atoms with Crippen molar-refractivity contribution in [3.05, 3.63) is 33.3 Å². The van der Waals surface area contributed by atoms with Gasteiger partial charge in [-0.05, 0) is 37.0 Å². The monoisotopic (exact) mass is 343 g/mol. The van der Waals surface area contributed by atoms with Gasteiger partial charge in [0.2, 0.25) is 0 Å². The zero-order chi connectivity index (χ0) is 13.8. The number of halogens is 2. The topological polar surface area (TPSA) is 29.1 Å². The van der Waals surface area contributed by atoms with Crippen LogP contribution in [0.1, 0.15) is 49.4 Å². The third-order valence-corrected chi connectivity index (χ3v) is 4.48. The first-order valence-electron chi connectivity index (χ1n) is 6.83. The van der Waals surface area contributed by atoms with Crippen molar-refractivity contribution in [2.24, 2.45) is 5.92 Å². The summed E-state index contributed by atoms with van der Waals surface area (Å²) in [4.78, 5) is 12.3. The summed E-state index contributed by atoms with van der Waals surface area (Å²) in [7, 11) is 0. The summed E-state index contributed by atoms with van der Waals surface area (Å²) >= 11 is 9.35. The molecule has 19 heavy (non-hydrogen) atoms. The lowest BCUT2D eigenvalue weighted by molar-refractivity contribution is 0.0921. The minimum atomic E-state index is -0.0260. The Morgan fingerprint density at radius 2 is 2.00 bits per heavy atom. The first-order chi connectivity index (χ1) is 9.06. The summed E-state index contributed by atoms with van der Waals surface area (Å²) in [5.41, 5.74) is 0.621. The van der Waals surface area contributed by atoms with E-state index >= 15 is 0 Å². The standard InChI is InChI=1S/C15H19BrClNO/c1-10-5-3-2-4-6-14(10)18-15(19)11-7-12(16)9-13(17)8-11/h7-10,14H,2-6H2,1H3,(H,18,19). The quantitative estimate of drug-likeness (QED) is 0.767. The molecule has 0 aromatic heterocycles. The smallest absolute Gasteiger partial charge is 0.251 e. The first kappa shape index (κ1) is 14.9. The van der Waals surface area contributed by atoms with Crippen molar-refractivity contribution in [1.29, 1.82) is 0 Å². The Bertz CT molecular complexity index is 443. The summed E-state index contributed by atoms with van der Waals surface area (Å²) in [5, 5.41) is 3.74. The Balaban J connectivity index is 2.07. The van der Waals surface area contributed by atoms with E-state index in [4.69, 9.17) is 11.6 Å². The lowest BCUT2D eigenvalue weighted by Gasteiger charge is -2.22. The Kier molecular flexibility index (Phi) is 5.28. The molecule has 0 bridgehead atoms. The van der Waals surface area contributed by atoms with E-state index < -0.39 is 0 Å². The molecular weight excluding hydrogens is 326 g/mol. The van der Waals surface area contributed by atoms with Crippen LogP contribution in [-0.2, 0) is 0 Å². The number of nitrogens with one attached hydrogen (secondary N) is 1. The van der Waals surface area contributed by atoms with Gasteiger partial charge in [-0.1, -0.05) is 53.7 Å². The van der Waals surface area contributed by atoms with E-state index in [1.54, 1.807) is 12.1 Å². The minimum Gasteiger partial charge on any atom is -0.349 e. The molecule has 0 heterocycles. The van der Waals surface area contributed by atoms with E-state index in [1.807, 2.05) is 6.07 Å². The highest BCUT2D eigenvalue weighted by atomic mass is 79.9. The van der Waals surface area contributed by atoms with Crippen molar-refractivity contribution in [2.75, 3.05) is 0 Å². The van der Waals surface area contributed by atoms with Crippen molar-refractivity contribution in [2.45, 2.75) is 45.1 Å². The van der Waals surface area contributed by atoms with Gasteiger partial charge < -0.3 is 5.32 Å². The number of amides is 1. The van der Waals surface area contributed by atoms with E-state index in [1.165, 1.54) is 25.7 Å². The highest BCUT2D eigenvalue weighted by Gasteiger charge is 2.22. The molecule has 0 aliphatic heterocycles. The van der Waals surface area contributed by atoms with Gasteiger partial charge in [-0.25, -0.2) is 0 Å². The van der Waals surface area contributed by atoms with Crippen molar-refractivity contribution < 1.29 is 4.79 Å². The van der Waals surface area contributed by atoms with E-state index in [2.05, 4.69) is 28.2 Å². The van der Waals surface area contributed by atoms with Gasteiger partial charge in [0.25, 0.3) is 5.91 Å².